The molecule has 2 rings (SSSR count). The van der Waals surface area contributed by atoms with Gasteiger partial charge in [-0.05, 0) is 18.8 Å². The number of hydrogen-bond acceptors (Lipinski definition) is 3. The Hall–Kier alpha value is -1.65. The van der Waals surface area contributed by atoms with Crippen LogP contribution in [0.15, 0.2) is 18.6 Å². The van der Waals surface area contributed by atoms with Gasteiger partial charge in [0.05, 0.1) is 6.20 Å². The van der Waals surface area contributed by atoms with Crippen LogP contribution >= 0.6 is 0 Å². The molecule has 2 amide bonds. The quantitative estimate of drug-likeness (QED) is 0.784. The van der Waals surface area contributed by atoms with Crippen molar-refractivity contribution in [1.29, 1.82) is 0 Å². The first-order valence-corrected chi connectivity index (χ1v) is 5.57. The monoisotopic (exact) mass is 220 g/mol. The molecule has 0 aliphatic carbocycles. The fourth-order valence-corrected chi connectivity index (χ4v) is 1.76. The molecule has 1 saturated heterocycles. The normalized spacial score (nSPS) is 17.2. The first-order chi connectivity index (χ1) is 7.75. The number of nitrogens with one attached hydrogen (secondary N) is 1. The molecule has 0 atom stereocenters. The van der Waals surface area contributed by atoms with E-state index in [2.05, 4.69) is 22.2 Å². The van der Waals surface area contributed by atoms with Crippen LogP contribution < -0.4 is 5.32 Å². The van der Waals surface area contributed by atoms with Gasteiger partial charge in [-0.3, -0.25) is 10.3 Å². The smallest absolute Gasteiger partial charge is 0.323 e. The predicted molar refractivity (Wildman–Crippen MR) is 61.0 cm³/mol. The molecule has 1 fully saturated rings. The lowest BCUT2D eigenvalue weighted by molar-refractivity contribution is 0.186. The van der Waals surface area contributed by atoms with Crippen LogP contribution in [-0.4, -0.2) is 34.0 Å². The van der Waals surface area contributed by atoms with Crippen LogP contribution in [0.1, 0.15) is 19.8 Å². The van der Waals surface area contributed by atoms with Crippen molar-refractivity contribution in [2.24, 2.45) is 5.92 Å². The highest BCUT2D eigenvalue weighted by Gasteiger charge is 2.20. The SMILES string of the molecule is CC1CCN(C(=O)Nc2cnccn2)CC1. The summed E-state index contributed by atoms with van der Waals surface area (Å²) in [6.07, 6.45) is 6.85. The van der Waals surface area contributed by atoms with E-state index >= 15 is 0 Å². The van der Waals surface area contributed by atoms with Crippen LogP contribution in [-0.2, 0) is 0 Å². The fraction of sp³-hybridized carbons (Fsp3) is 0.545. The molecule has 1 aromatic heterocycles. The fourth-order valence-electron chi connectivity index (χ4n) is 1.76. The Balaban J connectivity index is 1.89. The molecule has 0 radical (unpaired) electrons. The molecule has 1 aliphatic rings. The van der Waals surface area contributed by atoms with Gasteiger partial charge in [-0.25, -0.2) is 9.78 Å². The zero-order chi connectivity index (χ0) is 11.4. The molecule has 2 heterocycles. The third-order valence-corrected chi connectivity index (χ3v) is 2.87. The van der Waals surface area contributed by atoms with E-state index in [-0.39, 0.29) is 6.03 Å². The molecule has 0 bridgehead atoms. The van der Waals surface area contributed by atoms with Crippen molar-refractivity contribution >= 4 is 11.8 Å². The number of urea groups is 1. The Morgan fingerprint density at radius 3 is 2.81 bits per heavy atom. The molecule has 0 saturated carbocycles. The summed E-state index contributed by atoms with van der Waals surface area (Å²) < 4.78 is 0. The summed E-state index contributed by atoms with van der Waals surface area (Å²) in [5.74, 6) is 1.23. The molecule has 1 aromatic rings. The van der Waals surface area contributed by atoms with E-state index in [0.29, 0.717) is 5.82 Å². The van der Waals surface area contributed by atoms with Gasteiger partial charge in [-0.15, -0.1) is 0 Å². The average Bonchev–Trinajstić information content (AvgIpc) is 2.31. The van der Waals surface area contributed by atoms with Gasteiger partial charge in [-0.2, -0.15) is 0 Å². The topological polar surface area (TPSA) is 58.1 Å². The minimum Gasteiger partial charge on any atom is -0.324 e. The third-order valence-electron chi connectivity index (χ3n) is 2.87. The number of carbonyl (C=O) groups excluding carboxylic acids is 1. The molecule has 1 N–H and O–H groups in total. The second kappa shape index (κ2) is 4.92. The molecule has 16 heavy (non-hydrogen) atoms. The standard InChI is InChI=1S/C11H16N4O/c1-9-2-6-15(7-3-9)11(16)14-10-8-12-4-5-13-10/h4-5,8-9H,2-3,6-7H2,1H3,(H,13,14,16). The number of carbonyl (C=O) groups is 1. The Kier molecular flexibility index (Phi) is 3.34. The second-order valence-electron chi connectivity index (χ2n) is 4.19. The van der Waals surface area contributed by atoms with Crippen LogP contribution in [0, 0.1) is 5.92 Å². The number of piperidine rings is 1. The first-order valence-electron chi connectivity index (χ1n) is 5.57. The molecule has 5 nitrogen and oxygen atoms in total. The van der Waals surface area contributed by atoms with Crippen molar-refractivity contribution in [3.05, 3.63) is 18.6 Å². The summed E-state index contributed by atoms with van der Waals surface area (Å²) in [6.45, 7) is 3.87. The van der Waals surface area contributed by atoms with Crippen molar-refractivity contribution in [2.45, 2.75) is 19.8 Å². The number of anilines is 1. The molecular weight excluding hydrogens is 204 g/mol. The van der Waals surface area contributed by atoms with Gasteiger partial charge in [-0.1, -0.05) is 6.92 Å². The summed E-state index contributed by atoms with van der Waals surface area (Å²) in [4.78, 5) is 21.6. The molecular formula is C11H16N4O. The van der Waals surface area contributed by atoms with Gasteiger partial charge in [0.2, 0.25) is 0 Å². The Morgan fingerprint density at radius 1 is 1.44 bits per heavy atom. The summed E-state index contributed by atoms with van der Waals surface area (Å²) in [6, 6.07) is -0.0765. The van der Waals surface area contributed by atoms with Crippen LogP contribution in [0.5, 0.6) is 0 Å². The van der Waals surface area contributed by atoms with E-state index in [1.54, 1.807) is 18.6 Å². The molecule has 5 heteroatoms. The predicted octanol–water partition coefficient (Wildman–Crippen LogP) is 1.74. The van der Waals surface area contributed by atoms with Crippen LogP contribution in [0.3, 0.4) is 0 Å². The summed E-state index contributed by atoms with van der Waals surface area (Å²) in [7, 11) is 0. The van der Waals surface area contributed by atoms with Crippen LogP contribution in [0.25, 0.3) is 0 Å². The minimum absolute atomic E-state index is 0.0765. The highest BCUT2D eigenvalue weighted by molar-refractivity contribution is 5.88. The lowest BCUT2D eigenvalue weighted by atomic mass is 10.00. The molecule has 0 spiro atoms. The van der Waals surface area contributed by atoms with Gasteiger partial charge in [0.15, 0.2) is 5.82 Å². The van der Waals surface area contributed by atoms with Gasteiger partial charge in [0.25, 0.3) is 0 Å². The van der Waals surface area contributed by atoms with Gasteiger partial charge in [0.1, 0.15) is 0 Å². The average molecular weight is 220 g/mol. The van der Waals surface area contributed by atoms with Crippen LogP contribution in [0.2, 0.25) is 0 Å². The number of rotatable bonds is 1. The first kappa shape index (κ1) is 10.9. The van der Waals surface area contributed by atoms with E-state index in [0.717, 1.165) is 31.8 Å². The molecule has 1 aliphatic heterocycles. The summed E-state index contributed by atoms with van der Waals surface area (Å²) in [5, 5.41) is 2.74. The Labute approximate surface area is 94.9 Å². The van der Waals surface area contributed by atoms with Gasteiger partial charge < -0.3 is 4.90 Å². The van der Waals surface area contributed by atoms with E-state index in [1.165, 1.54) is 0 Å². The molecule has 0 aromatic carbocycles. The van der Waals surface area contributed by atoms with E-state index < -0.39 is 0 Å². The summed E-state index contributed by atoms with van der Waals surface area (Å²) in [5.41, 5.74) is 0. The number of hydrogen-bond donors (Lipinski definition) is 1. The number of likely N-dealkylation sites (tertiary alicyclic amines) is 1. The van der Waals surface area contributed by atoms with E-state index in [4.69, 9.17) is 0 Å². The maximum atomic E-state index is 11.8. The lowest BCUT2D eigenvalue weighted by Crippen LogP contribution is -2.40. The van der Waals surface area contributed by atoms with E-state index in [1.807, 2.05) is 4.90 Å². The van der Waals surface area contributed by atoms with Crippen molar-refractivity contribution < 1.29 is 4.79 Å². The summed E-state index contributed by atoms with van der Waals surface area (Å²) >= 11 is 0. The van der Waals surface area contributed by atoms with Crippen molar-refractivity contribution in [3.8, 4) is 0 Å². The van der Waals surface area contributed by atoms with Crippen molar-refractivity contribution in [2.75, 3.05) is 18.4 Å². The molecule has 0 unspecified atom stereocenters. The molecule has 86 valence electrons. The number of amides is 2. The highest BCUT2D eigenvalue weighted by atomic mass is 16.2. The second-order valence-corrected chi connectivity index (χ2v) is 4.19. The van der Waals surface area contributed by atoms with Crippen LogP contribution in [0.4, 0.5) is 10.6 Å². The van der Waals surface area contributed by atoms with Crippen molar-refractivity contribution in [3.63, 3.8) is 0 Å². The van der Waals surface area contributed by atoms with E-state index in [9.17, 15) is 4.79 Å². The van der Waals surface area contributed by atoms with Gasteiger partial charge >= 0.3 is 6.03 Å². The maximum absolute atomic E-state index is 11.8. The highest BCUT2D eigenvalue weighted by Crippen LogP contribution is 2.16. The lowest BCUT2D eigenvalue weighted by Gasteiger charge is -2.30. The zero-order valence-electron chi connectivity index (χ0n) is 9.39. The number of aromatic nitrogens is 2. The maximum Gasteiger partial charge on any atom is 0.323 e. The Morgan fingerprint density at radius 2 is 2.19 bits per heavy atom. The third kappa shape index (κ3) is 2.68. The number of nitrogens with zero attached hydrogens (tertiary/aromatic N) is 3. The zero-order valence-corrected chi connectivity index (χ0v) is 9.39. The Bertz CT molecular complexity index is 346. The van der Waals surface area contributed by atoms with Gasteiger partial charge in [0, 0.05) is 25.5 Å². The largest absolute Gasteiger partial charge is 0.324 e. The minimum atomic E-state index is -0.0765. The van der Waals surface area contributed by atoms with Crippen molar-refractivity contribution in [1.82, 2.24) is 14.9 Å².